The molecule has 1 unspecified atom stereocenters. The van der Waals surface area contributed by atoms with Gasteiger partial charge in [-0.2, -0.15) is 0 Å². The molecule has 106 valence electrons. The molecule has 0 aliphatic carbocycles. The molecule has 1 aromatic heterocycles. The van der Waals surface area contributed by atoms with Gasteiger partial charge in [-0.25, -0.2) is 4.98 Å². The molecule has 0 saturated carbocycles. The molecule has 20 heavy (non-hydrogen) atoms. The number of likely N-dealkylation sites (N-methyl/N-ethyl adjacent to an activating group) is 1. The zero-order chi connectivity index (χ0) is 13.9. The summed E-state index contributed by atoms with van der Waals surface area (Å²) in [5.74, 6) is 0.628. The topological polar surface area (TPSA) is 51.4 Å². The zero-order valence-corrected chi connectivity index (χ0v) is 11.9. The zero-order valence-electron chi connectivity index (χ0n) is 11.9. The molecule has 1 aliphatic heterocycles. The van der Waals surface area contributed by atoms with E-state index in [-0.39, 0.29) is 0 Å². The van der Waals surface area contributed by atoms with E-state index in [0.717, 1.165) is 42.6 Å². The predicted octanol–water partition coefficient (Wildman–Crippen LogP) is 2.43. The number of nitrogens with zero attached hydrogens (tertiary/aromatic N) is 2. The van der Waals surface area contributed by atoms with Gasteiger partial charge < -0.3 is 10.5 Å². The van der Waals surface area contributed by atoms with E-state index >= 15 is 0 Å². The highest BCUT2D eigenvalue weighted by molar-refractivity contribution is 5.81. The number of pyridine rings is 1. The van der Waals surface area contributed by atoms with Crippen molar-refractivity contribution >= 4 is 16.7 Å². The highest BCUT2D eigenvalue weighted by Gasteiger charge is 2.18. The molecule has 0 spiro atoms. The third-order valence-electron chi connectivity index (χ3n) is 3.82. The van der Waals surface area contributed by atoms with E-state index in [1.807, 2.05) is 18.2 Å². The van der Waals surface area contributed by atoms with Gasteiger partial charge in [-0.3, -0.25) is 4.90 Å². The molecule has 0 bridgehead atoms. The maximum absolute atomic E-state index is 6.07. The maximum Gasteiger partial charge on any atom is 0.128 e. The maximum atomic E-state index is 6.07. The van der Waals surface area contributed by atoms with Crippen LogP contribution in [-0.2, 0) is 11.3 Å². The molecule has 2 aromatic rings. The first-order chi connectivity index (χ1) is 9.72. The summed E-state index contributed by atoms with van der Waals surface area (Å²) in [6.45, 7) is 2.66. The number of hydrogen-bond acceptors (Lipinski definition) is 4. The van der Waals surface area contributed by atoms with Crippen molar-refractivity contribution in [2.45, 2.75) is 25.5 Å². The van der Waals surface area contributed by atoms with Crippen LogP contribution in [0.15, 0.2) is 30.3 Å². The van der Waals surface area contributed by atoms with Crippen LogP contribution in [0.3, 0.4) is 0 Å². The minimum absolute atomic E-state index is 0.370. The van der Waals surface area contributed by atoms with Crippen LogP contribution >= 0.6 is 0 Å². The molecule has 3 rings (SSSR count). The van der Waals surface area contributed by atoms with Crippen LogP contribution in [0.1, 0.15) is 18.4 Å². The SMILES string of the molecule is CN(Cc1cc2ccccc2nc1N)CC1CCCO1. The van der Waals surface area contributed by atoms with Crippen molar-refractivity contribution in [2.24, 2.45) is 0 Å². The van der Waals surface area contributed by atoms with Gasteiger partial charge in [0, 0.05) is 30.6 Å². The Labute approximate surface area is 119 Å². The minimum atomic E-state index is 0.370. The Morgan fingerprint density at radius 3 is 3.05 bits per heavy atom. The first-order valence-electron chi connectivity index (χ1n) is 7.16. The number of fused-ring (bicyclic) bond motifs is 1. The van der Waals surface area contributed by atoms with Crippen molar-refractivity contribution in [3.05, 3.63) is 35.9 Å². The van der Waals surface area contributed by atoms with E-state index in [4.69, 9.17) is 10.5 Å². The number of nitrogen functional groups attached to an aromatic ring is 1. The lowest BCUT2D eigenvalue weighted by molar-refractivity contribution is 0.0793. The summed E-state index contributed by atoms with van der Waals surface area (Å²) in [5, 5.41) is 1.14. The van der Waals surface area contributed by atoms with Gasteiger partial charge in [0.1, 0.15) is 5.82 Å². The predicted molar refractivity (Wildman–Crippen MR) is 81.5 cm³/mol. The smallest absolute Gasteiger partial charge is 0.128 e. The number of benzene rings is 1. The van der Waals surface area contributed by atoms with E-state index in [2.05, 4.69) is 29.1 Å². The molecule has 0 radical (unpaired) electrons. The fraction of sp³-hybridized carbons (Fsp3) is 0.438. The first kappa shape index (κ1) is 13.3. The second-order valence-corrected chi connectivity index (χ2v) is 5.56. The van der Waals surface area contributed by atoms with Crippen LogP contribution < -0.4 is 5.73 Å². The van der Waals surface area contributed by atoms with Crippen LogP contribution in [0, 0.1) is 0 Å². The van der Waals surface area contributed by atoms with Crippen LogP contribution in [-0.4, -0.2) is 36.2 Å². The van der Waals surface area contributed by atoms with Gasteiger partial charge in [0.25, 0.3) is 0 Å². The third kappa shape index (κ3) is 2.92. The lowest BCUT2D eigenvalue weighted by atomic mass is 10.1. The number of ether oxygens (including phenoxy) is 1. The van der Waals surface area contributed by atoms with Crippen molar-refractivity contribution < 1.29 is 4.74 Å². The number of para-hydroxylation sites is 1. The van der Waals surface area contributed by atoms with Crippen LogP contribution in [0.25, 0.3) is 10.9 Å². The fourth-order valence-electron chi connectivity index (χ4n) is 2.79. The molecule has 1 atom stereocenters. The van der Waals surface area contributed by atoms with E-state index < -0.39 is 0 Å². The Morgan fingerprint density at radius 2 is 2.25 bits per heavy atom. The van der Waals surface area contributed by atoms with Crippen molar-refractivity contribution in [3.8, 4) is 0 Å². The summed E-state index contributed by atoms with van der Waals surface area (Å²) in [6.07, 6.45) is 2.71. The minimum Gasteiger partial charge on any atom is -0.383 e. The van der Waals surface area contributed by atoms with Gasteiger partial charge in [0.15, 0.2) is 0 Å². The Balaban J connectivity index is 1.74. The molecule has 1 aliphatic rings. The fourth-order valence-corrected chi connectivity index (χ4v) is 2.79. The van der Waals surface area contributed by atoms with Crippen molar-refractivity contribution in [3.63, 3.8) is 0 Å². The average molecular weight is 271 g/mol. The molecule has 2 N–H and O–H groups in total. The Hall–Kier alpha value is -1.65. The van der Waals surface area contributed by atoms with Crippen molar-refractivity contribution in [1.29, 1.82) is 0 Å². The molecule has 4 heteroatoms. The number of anilines is 1. The highest BCUT2D eigenvalue weighted by Crippen LogP contribution is 2.20. The Kier molecular flexibility index (Phi) is 3.85. The van der Waals surface area contributed by atoms with Gasteiger partial charge >= 0.3 is 0 Å². The Morgan fingerprint density at radius 1 is 1.40 bits per heavy atom. The first-order valence-corrected chi connectivity index (χ1v) is 7.16. The summed E-state index contributed by atoms with van der Waals surface area (Å²) < 4.78 is 5.67. The second kappa shape index (κ2) is 5.77. The molecule has 1 saturated heterocycles. The summed E-state index contributed by atoms with van der Waals surface area (Å²) in [5.41, 5.74) is 8.12. The number of rotatable bonds is 4. The quantitative estimate of drug-likeness (QED) is 0.928. The molecule has 0 amide bonds. The summed E-state index contributed by atoms with van der Waals surface area (Å²) in [6, 6.07) is 10.2. The van der Waals surface area contributed by atoms with Gasteiger partial charge in [-0.1, -0.05) is 18.2 Å². The molecule has 1 fully saturated rings. The van der Waals surface area contributed by atoms with Gasteiger partial charge in [-0.15, -0.1) is 0 Å². The third-order valence-corrected chi connectivity index (χ3v) is 3.82. The van der Waals surface area contributed by atoms with Crippen LogP contribution in [0.2, 0.25) is 0 Å². The Bertz CT molecular complexity index is 593. The van der Waals surface area contributed by atoms with E-state index in [9.17, 15) is 0 Å². The summed E-state index contributed by atoms with van der Waals surface area (Å²) >= 11 is 0. The van der Waals surface area contributed by atoms with Crippen LogP contribution in [0.5, 0.6) is 0 Å². The van der Waals surface area contributed by atoms with Gasteiger partial charge in [0.05, 0.1) is 11.6 Å². The normalized spacial score (nSPS) is 19.0. The largest absolute Gasteiger partial charge is 0.383 e. The lowest BCUT2D eigenvalue weighted by Gasteiger charge is -2.21. The molecule has 2 heterocycles. The number of aromatic nitrogens is 1. The average Bonchev–Trinajstić information content (AvgIpc) is 2.92. The monoisotopic (exact) mass is 271 g/mol. The van der Waals surface area contributed by atoms with E-state index in [0.29, 0.717) is 11.9 Å². The molecule has 4 nitrogen and oxygen atoms in total. The standard InChI is InChI=1S/C16H21N3O/c1-19(11-14-6-4-8-20-14)10-13-9-12-5-2-3-7-15(12)18-16(13)17/h2-3,5,7,9,14H,4,6,8,10-11H2,1H3,(H2,17,18). The summed E-state index contributed by atoms with van der Waals surface area (Å²) in [7, 11) is 2.11. The van der Waals surface area contributed by atoms with Gasteiger partial charge in [0.2, 0.25) is 0 Å². The number of nitrogens with two attached hydrogens (primary N) is 1. The molecular weight excluding hydrogens is 250 g/mol. The van der Waals surface area contributed by atoms with E-state index in [1.165, 1.54) is 6.42 Å². The van der Waals surface area contributed by atoms with Crippen molar-refractivity contribution in [1.82, 2.24) is 9.88 Å². The molecule has 1 aromatic carbocycles. The lowest BCUT2D eigenvalue weighted by Crippen LogP contribution is -2.28. The van der Waals surface area contributed by atoms with Crippen molar-refractivity contribution in [2.75, 3.05) is 25.9 Å². The number of hydrogen-bond donors (Lipinski definition) is 1. The second-order valence-electron chi connectivity index (χ2n) is 5.56. The summed E-state index contributed by atoms with van der Waals surface area (Å²) in [4.78, 5) is 6.74. The molecular formula is C16H21N3O. The van der Waals surface area contributed by atoms with E-state index in [1.54, 1.807) is 0 Å². The highest BCUT2D eigenvalue weighted by atomic mass is 16.5. The van der Waals surface area contributed by atoms with Crippen LogP contribution in [0.4, 0.5) is 5.82 Å². The van der Waals surface area contributed by atoms with Gasteiger partial charge in [-0.05, 0) is 32.0 Å².